The quantitative estimate of drug-likeness (QED) is 0.365. The maximum absolute atomic E-state index is 13.5. The molecule has 172 valence electrons. The van der Waals surface area contributed by atoms with Crippen LogP contribution < -0.4 is 0 Å². The normalized spacial score (nSPS) is 11.5. The van der Waals surface area contributed by atoms with Gasteiger partial charge < -0.3 is 0 Å². The summed E-state index contributed by atoms with van der Waals surface area (Å²) in [5.74, 6) is 0.663. The average Bonchev–Trinajstić information content (AvgIpc) is 2.85. The summed E-state index contributed by atoms with van der Waals surface area (Å²) in [5.41, 5.74) is 3.34. The highest BCUT2D eigenvalue weighted by atomic mass is 32.2. The van der Waals surface area contributed by atoms with Gasteiger partial charge in [0.05, 0.1) is 0 Å². The molecular weight excluding hydrogens is 448 g/mol. The average molecular weight is 473 g/mol. The van der Waals surface area contributed by atoms with Crippen LogP contribution in [0.5, 0.6) is 0 Å². The number of nitrogens with zero attached hydrogens (tertiary/aromatic N) is 4. The Bertz CT molecular complexity index is 1360. The molecule has 0 aliphatic carbocycles. The number of carbonyl (C=O) groups is 1. The molecule has 2 aromatic heterocycles. The van der Waals surface area contributed by atoms with E-state index in [-0.39, 0.29) is 23.8 Å². The van der Waals surface area contributed by atoms with Crippen LogP contribution in [0.4, 0.5) is 0 Å². The smallest absolute Gasteiger partial charge is 0.245 e. The molecule has 4 aromatic rings. The lowest BCUT2D eigenvalue weighted by Crippen LogP contribution is -2.30. The maximum atomic E-state index is 13.5. The first-order valence-electron chi connectivity index (χ1n) is 10.8. The second-order valence-electron chi connectivity index (χ2n) is 7.93. The van der Waals surface area contributed by atoms with Crippen molar-refractivity contribution >= 4 is 15.8 Å². The van der Waals surface area contributed by atoms with E-state index in [0.717, 1.165) is 22.3 Å². The highest BCUT2D eigenvalue weighted by molar-refractivity contribution is 7.89. The van der Waals surface area contributed by atoms with Crippen LogP contribution in [-0.4, -0.2) is 33.5 Å². The lowest BCUT2D eigenvalue weighted by atomic mass is 10.1. The fourth-order valence-corrected chi connectivity index (χ4v) is 5.00. The van der Waals surface area contributed by atoms with Gasteiger partial charge in [-0.25, -0.2) is 18.4 Å². The molecule has 8 heteroatoms. The van der Waals surface area contributed by atoms with Gasteiger partial charge in [-0.1, -0.05) is 48.5 Å². The highest BCUT2D eigenvalue weighted by Crippen LogP contribution is 2.23. The summed E-state index contributed by atoms with van der Waals surface area (Å²) in [6.07, 6.45) is 6.56. The minimum absolute atomic E-state index is 0.0551. The Morgan fingerprint density at radius 1 is 0.824 bits per heavy atom. The minimum Gasteiger partial charge on any atom is -0.300 e. The molecule has 0 radical (unpaired) electrons. The molecule has 2 heterocycles. The molecule has 0 unspecified atom stereocenters. The van der Waals surface area contributed by atoms with Crippen LogP contribution in [-0.2, 0) is 34.3 Å². The van der Waals surface area contributed by atoms with Gasteiger partial charge in [0.2, 0.25) is 10.0 Å². The summed E-state index contributed by atoms with van der Waals surface area (Å²) >= 11 is 0. The van der Waals surface area contributed by atoms with Crippen LogP contribution in [0.3, 0.4) is 0 Å². The van der Waals surface area contributed by atoms with Crippen LogP contribution in [0, 0.1) is 0 Å². The predicted octanol–water partition coefficient (Wildman–Crippen LogP) is 4.06. The van der Waals surface area contributed by atoms with Crippen molar-refractivity contribution in [2.45, 2.75) is 31.3 Å². The summed E-state index contributed by atoms with van der Waals surface area (Å²) in [7, 11) is -3.82. The molecule has 0 bridgehead atoms. The Labute approximate surface area is 199 Å². The SMILES string of the molecule is CC(=O)Cc1cccc(CN(Cc2ccc(-c3ncccn3)cc2)S(=O)(=O)c2cccnc2)c1. The lowest BCUT2D eigenvalue weighted by Gasteiger charge is -2.23. The third-order valence-corrected chi connectivity index (χ3v) is 6.99. The topological polar surface area (TPSA) is 93.1 Å². The molecule has 0 N–H and O–H groups in total. The second kappa shape index (κ2) is 10.5. The van der Waals surface area contributed by atoms with E-state index in [1.165, 1.54) is 23.5 Å². The number of sulfonamides is 1. The number of aromatic nitrogens is 3. The number of carbonyl (C=O) groups excluding carboxylic acids is 1. The zero-order valence-electron chi connectivity index (χ0n) is 18.7. The summed E-state index contributed by atoms with van der Waals surface area (Å²) < 4.78 is 28.4. The zero-order chi connectivity index (χ0) is 24.0. The van der Waals surface area contributed by atoms with Gasteiger partial charge in [-0.15, -0.1) is 0 Å². The highest BCUT2D eigenvalue weighted by Gasteiger charge is 2.25. The van der Waals surface area contributed by atoms with Crippen molar-refractivity contribution in [2.24, 2.45) is 0 Å². The van der Waals surface area contributed by atoms with Crippen LogP contribution in [0.25, 0.3) is 11.4 Å². The molecule has 34 heavy (non-hydrogen) atoms. The largest absolute Gasteiger partial charge is 0.300 e. The van der Waals surface area contributed by atoms with Gasteiger partial charge in [0.15, 0.2) is 5.82 Å². The van der Waals surface area contributed by atoms with Gasteiger partial charge in [-0.2, -0.15) is 4.31 Å². The van der Waals surface area contributed by atoms with Crippen LogP contribution >= 0.6 is 0 Å². The molecule has 7 nitrogen and oxygen atoms in total. The van der Waals surface area contributed by atoms with Crippen molar-refractivity contribution in [3.8, 4) is 11.4 Å². The van der Waals surface area contributed by atoms with Crippen molar-refractivity contribution in [2.75, 3.05) is 0 Å². The fraction of sp³-hybridized carbons (Fsp3) is 0.154. The number of pyridine rings is 1. The third-order valence-electron chi connectivity index (χ3n) is 5.21. The maximum Gasteiger partial charge on any atom is 0.245 e. The van der Waals surface area contributed by atoms with Crippen LogP contribution in [0.2, 0.25) is 0 Å². The number of Topliss-reactive ketones (excluding diaryl/α,β-unsaturated/α-hetero) is 1. The number of benzene rings is 2. The van der Waals surface area contributed by atoms with Gasteiger partial charge in [0, 0.05) is 49.9 Å². The first-order valence-corrected chi connectivity index (χ1v) is 12.2. The third kappa shape index (κ3) is 5.78. The monoisotopic (exact) mass is 472 g/mol. The van der Waals surface area contributed by atoms with Crippen molar-refractivity contribution in [1.29, 1.82) is 0 Å². The number of hydrogen-bond donors (Lipinski definition) is 0. The molecule has 0 saturated carbocycles. The summed E-state index contributed by atoms with van der Waals surface area (Å²) in [4.78, 5) is 24.2. The Balaban J connectivity index is 1.64. The second-order valence-corrected chi connectivity index (χ2v) is 9.87. The van der Waals surface area contributed by atoms with E-state index < -0.39 is 10.0 Å². The minimum atomic E-state index is -3.82. The molecule has 0 aliphatic rings. The number of rotatable bonds is 9. The summed E-state index contributed by atoms with van der Waals surface area (Å²) in [6.45, 7) is 1.87. The predicted molar refractivity (Wildman–Crippen MR) is 129 cm³/mol. The van der Waals surface area contributed by atoms with Crippen LogP contribution in [0.15, 0.2) is 96.4 Å². The van der Waals surface area contributed by atoms with E-state index in [0.29, 0.717) is 12.2 Å². The van der Waals surface area contributed by atoms with Crippen molar-refractivity contribution < 1.29 is 13.2 Å². The fourth-order valence-electron chi connectivity index (χ4n) is 3.61. The number of hydrogen-bond acceptors (Lipinski definition) is 6. The van der Waals surface area contributed by atoms with Gasteiger partial charge in [-0.05, 0) is 41.8 Å². The van der Waals surface area contributed by atoms with E-state index >= 15 is 0 Å². The van der Waals surface area contributed by atoms with E-state index in [4.69, 9.17) is 0 Å². The van der Waals surface area contributed by atoms with Gasteiger partial charge >= 0.3 is 0 Å². The van der Waals surface area contributed by atoms with E-state index in [2.05, 4.69) is 15.0 Å². The molecule has 2 aromatic carbocycles. The molecule has 0 amide bonds. The first-order chi connectivity index (χ1) is 16.4. The Morgan fingerprint density at radius 2 is 1.53 bits per heavy atom. The van der Waals surface area contributed by atoms with Gasteiger partial charge in [-0.3, -0.25) is 9.78 Å². The zero-order valence-corrected chi connectivity index (χ0v) is 19.5. The van der Waals surface area contributed by atoms with Gasteiger partial charge in [0.25, 0.3) is 0 Å². The summed E-state index contributed by atoms with van der Waals surface area (Å²) in [6, 6.07) is 19.9. The Hall–Kier alpha value is -3.75. The van der Waals surface area contributed by atoms with Crippen LogP contribution in [0.1, 0.15) is 23.6 Å². The molecule has 0 fully saturated rings. The molecule has 0 spiro atoms. The van der Waals surface area contributed by atoms with E-state index in [1.807, 2.05) is 48.5 Å². The van der Waals surface area contributed by atoms with Gasteiger partial charge in [0.1, 0.15) is 10.7 Å². The Kier molecular flexibility index (Phi) is 7.20. The molecule has 0 saturated heterocycles. The molecular formula is C26H24N4O3S. The van der Waals surface area contributed by atoms with E-state index in [9.17, 15) is 13.2 Å². The lowest BCUT2D eigenvalue weighted by molar-refractivity contribution is -0.116. The first kappa shape index (κ1) is 23.4. The van der Waals surface area contributed by atoms with Crippen molar-refractivity contribution in [3.63, 3.8) is 0 Å². The molecule has 4 rings (SSSR count). The Morgan fingerprint density at radius 3 is 2.21 bits per heavy atom. The summed E-state index contributed by atoms with van der Waals surface area (Å²) in [5, 5.41) is 0. The molecule has 0 atom stereocenters. The molecule has 0 aliphatic heterocycles. The van der Waals surface area contributed by atoms with Crippen molar-refractivity contribution in [1.82, 2.24) is 19.3 Å². The van der Waals surface area contributed by atoms with Crippen molar-refractivity contribution in [3.05, 3.63) is 108 Å². The number of ketones is 1. The standard InChI is InChI=1S/C26H24N4O3S/c1-20(31)15-22-5-2-6-23(16-22)19-30(34(32,33)25-7-3-12-27-17-25)18-21-8-10-24(11-9-21)26-28-13-4-14-29-26/h2-14,16-17H,15,18-19H2,1H3. The van der Waals surface area contributed by atoms with E-state index in [1.54, 1.807) is 30.7 Å².